The van der Waals surface area contributed by atoms with Gasteiger partial charge < -0.3 is 5.73 Å². The fourth-order valence-corrected chi connectivity index (χ4v) is 2.82. The van der Waals surface area contributed by atoms with Crippen LogP contribution in [0.3, 0.4) is 0 Å². The van der Waals surface area contributed by atoms with Gasteiger partial charge in [-0.25, -0.2) is 4.39 Å². The average Bonchev–Trinajstić information content (AvgIpc) is 2.21. The van der Waals surface area contributed by atoms with Crippen molar-refractivity contribution in [3.63, 3.8) is 0 Å². The molecule has 2 rings (SSSR count). The fraction of sp³-hybridized carbons (Fsp3) is 0.571. The van der Waals surface area contributed by atoms with E-state index in [1.54, 1.807) is 6.07 Å². The van der Waals surface area contributed by atoms with E-state index in [-0.39, 0.29) is 17.3 Å². The highest BCUT2D eigenvalue weighted by atomic mass is 35.5. The van der Waals surface area contributed by atoms with Crippen LogP contribution in [0, 0.1) is 11.2 Å². The minimum Gasteiger partial charge on any atom is -0.327 e. The van der Waals surface area contributed by atoms with Crippen LogP contribution in [-0.2, 0) is 6.54 Å². The number of rotatable bonds is 2. The Morgan fingerprint density at radius 2 is 2.17 bits per heavy atom. The maximum Gasteiger partial charge on any atom is 0.125 e. The molecule has 4 heteroatoms. The summed E-state index contributed by atoms with van der Waals surface area (Å²) in [7, 11) is 0. The summed E-state index contributed by atoms with van der Waals surface area (Å²) in [4.78, 5) is 2.31. The van der Waals surface area contributed by atoms with Crippen LogP contribution in [-0.4, -0.2) is 24.0 Å². The molecule has 1 aliphatic heterocycles. The number of hydrogen-bond acceptors (Lipinski definition) is 2. The van der Waals surface area contributed by atoms with E-state index in [9.17, 15) is 4.39 Å². The number of likely N-dealkylation sites (tertiary alicyclic amines) is 1. The molecule has 0 aromatic heterocycles. The van der Waals surface area contributed by atoms with Crippen molar-refractivity contribution >= 4 is 11.6 Å². The summed E-state index contributed by atoms with van der Waals surface area (Å²) < 4.78 is 13.3. The maximum atomic E-state index is 13.3. The second-order valence-corrected chi connectivity index (χ2v) is 6.31. The SMILES string of the molecule is CC1(C)CN(Cc2cc(F)cc(Cl)c2)CCC1N. The standard InChI is InChI=1S/C14H20ClFN2/c1-14(2)9-18(4-3-13(14)17)8-10-5-11(15)7-12(16)6-10/h5-7,13H,3-4,8-9,17H2,1-2H3. The summed E-state index contributed by atoms with van der Waals surface area (Å²) in [5.41, 5.74) is 7.14. The number of halogens is 2. The van der Waals surface area contributed by atoms with Gasteiger partial charge in [-0.2, -0.15) is 0 Å². The third-order valence-corrected chi connectivity index (χ3v) is 3.94. The number of piperidine rings is 1. The summed E-state index contributed by atoms with van der Waals surface area (Å²) in [5.74, 6) is -0.273. The first-order chi connectivity index (χ1) is 8.37. The van der Waals surface area contributed by atoms with E-state index in [1.165, 1.54) is 6.07 Å². The van der Waals surface area contributed by atoms with Gasteiger partial charge in [-0.3, -0.25) is 4.90 Å². The summed E-state index contributed by atoms with van der Waals surface area (Å²) in [5, 5.41) is 0.456. The van der Waals surface area contributed by atoms with Crippen molar-refractivity contribution in [2.75, 3.05) is 13.1 Å². The van der Waals surface area contributed by atoms with Crippen molar-refractivity contribution in [3.8, 4) is 0 Å². The van der Waals surface area contributed by atoms with Crippen LogP contribution in [0.2, 0.25) is 5.02 Å². The summed E-state index contributed by atoms with van der Waals surface area (Å²) in [6.45, 7) is 6.99. The molecule has 1 unspecified atom stereocenters. The van der Waals surface area contributed by atoms with Crippen LogP contribution in [0.15, 0.2) is 18.2 Å². The quantitative estimate of drug-likeness (QED) is 0.895. The van der Waals surface area contributed by atoms with E-state index in [1.807, 2.05) is 6.07 Å². The highest BCUT2D eigenvalue weighted by Gasteiger charge is 2.33. The van der Waals surface area contributed by atoms with E-state index >= 15 is 0 Å². The molecule has 0 aliphatic carbocycles. The lowest BCUT2D eigenvalue weighted by atomic mass is 9.79. The Morgan fingerprint density at radius 1 is 1.44 bits per heavy atom. The molecular formula is C14H20ClFN2. The molecule has 1 aromatic carbocycles. The Hall–Kier alpha value is -0.640. The largest absolute Gasteiger partial charge is 0.327 e. The maximum absolute atomic E-state index is 13.3. The minimum absolute atomic E-state index is 0.107. The first kappa shape index (κ1) is 13.8. The Morgan fingerprint density at radius 3 is 2.78 bits per heavy atom. The minimum atomic E-state index is -0.273. The first-order valence-electron chi connectivity index (χ1n) is 6.30. The zero-order chi connectivity index (χ0) is 13.3. The molecule has 1 fully saturated rings. The highest BCUT2D eigenvalue weighted by molar-refractivity contribution is 6.30. The van der Waals surface area contributed by atoms with Crippen LogP contribution in [0.25, 0.3) is 0 Å². The number of nitrogens with two attached hydrogens (primary N) is 1. The van der Waals surface area contributed by atoms with Crippen LogP contribution < -0.4 is 5.73 Å². The second-order valence-electron chi connectivity index (χ2n) is 5.87. The molecule has 0 bridgehead atoms. The molecule has 2 N–H and O–H groups in total. The second kappa shape index (κ2) is 5.16. The molecule has 1 heterocycles. The topological polar surface area (TPSA) is 29.3 Å². The molecular weight excluding hydrogens is 251 g/mol. The molecule has 1 aromatic rings. The van der Waals surface area contributed by atoms with Crippen LogP contribution in [0.1, 0.15) is 25.8 Å². The molecule has 1 saturated heterocycles. The van der Waals surface area contributed by atoms with Crippen molar-refractivity contribution in [3.05, 3.63) is 34.6 Å². The average molecular weight is 271 g/mol. The molecule has 1 aliphatic rings. The zero-order valence-corrected chi connectivity index (χ0v) is 11.7. The lowest BCUT2D eigenvalue weighted by Gasteiger charge is -2.42. The van der Waals surface area contributed by atoms with Gasteiger partial charge in [0.05, 0.1) is 0 Å². The summed E-state index contributed by atoms with van der Waals surface area (Å²) >= 11 is 5.87. The molecule has 1 atom stereocenters. The third kappa shape index (κ3) is 3.22. The number of nitrogens with zero attached hydrogens (tertiary/aromatic N) is 1. The normalized spacial score (nSPS) is 24.2. The predicted octanol–water partition coefficient (Wildman–Crippen LogP) is 3.04. The van der Waals surface area contributed by atoms with Crippen molar-refractivity contribution in [2.24, 2.45) is 11.1 Å². The zero-order valence-electron chi connectivity index (χ0n) is 10.9. The van der Waals surface area contributed by atoms with Gasteiger partial charge in [0.25, 0.3) is 0 Å². The van der Waals surface area contributed by atoms with E-state index in [0.717, 1.165) is 31.6 Å². The van der Waals surface area contributed by atoms with Crippen molar-refractivity contribution in [1.29, 1.82) is 0 Å². The van der Waals surface area contributed by atoms with E-state index < -0.39 is 0 Å². The molecule has 0 radical (unpaired) electrons. The summed E-state index contributed by atoms with van der Waals surface area (Å²) in [6, 6.07) is 4.95. The predicted molar refractivity (Wildman–Crippen MR) is 73.1 cm³/mol. The van der Waals surface area contributed by atoms with Gasteiger partial charge in [-0.15, -0.1) is 0 Å². The van der Waals surface area contributed by atoms with Crippen LogP contribution in [0.4, 0.5) is 4.39 Å². The molecule has 18 heavy (non-hydrogen) atoms. The Balaban J connectivity index is 2.06. The number of hydrogen-bond donors (Lipinski definition) is 1. The smallest absolute Gasteiger partial charge is 0.125 e. The van der Waals surface area contributed by atoms with E-state index in [0.29, 0.717) is 5.02 Å². The van der Waals surface area contributed by atoms with Crippen molar-refractivity contribution in [2.45, 2.75) is 32.9 Å². The van der Waals surface area contributed by atoms with Gasteiger partial charge in [-0.05, 0) is 35.6 Å². The van der Waals surface area contributed by atoms with Gasteiger partial charge in [0.2, 0.25) is 0 Å². The molecule has 2 nitrogen and oxygen atoms in total. The van der Waals surface area contributed by atoms with E-state index in [2.05, 4.69) is 18.7 Å². The molecule has 0 spiro atoms. The van der Waals surface area contributed by atoms with Gasteiger partial charge in [0.1, 0.15) is 5.82 Å². The number of benzene rings is 1. The summed E-state index contributed by atoms with van der Waals surface area (Å²) in [6.07, 6.45) is 0.982. The van der Waals surface area contributed by atoms with E-state index in [4.69, 9.17) is 17.3 Å². The third-order valence-electron chi connectivity index (χ3n) is 3.72. The lowest BCUT2D eigenvalue weighted by molar-refractivity contribution is 0.0898. The van der Waals surface area contributed by atoms with Crippen LogP contribution in [0.5, 0.6) is 0 Å². The lowest BCUT2D eigenvalue weighted by Crippen LogP contribution is -2.52. The van der Waals surface area contributed by atoms with Gasteiger partial charge in [0, 0.05) is 30.7 Å². The molecule has 100 valence electrons. The molecule has 0 saturated carbocycles. The Kier molecular flexibility index (Phi) is 3.95. The van der Waals surface area contributed by atoms with Gasteiger partial charge >= 0.3 is 0 Å². The fourth-order valence-electron chi connectivity index (χ4n) is 2.58. The van der Waals surface area contributed by atoms with Gasteiger partial charge in [0.15, 0.2) is 0 Å². The monoisotopic (exact) mass is 270 g/mol. The molecule has 0 amide bonds. The Bertz CT molecular complexity index is 414. The van der Waals surface area contributed by atoms with Crippen molar-refractivity contribution < 1.29 is 4.39 Å². The highest BCUT2D eigenvalue weighted by Crippen LogP contribution is 2.28. The Labute approximate surface area is 113 Å². The van der Waals surface area contributed by atoms with Gasteiger partial charge in [-0.1, -0.05) is 25.4 Å². The van der Waals surface area contributed by atoms with Crippen LogP contribution >= 0.6 is 11.6 Å². The van der Waals surface area contributed by atoms with Crippen molar-refractivity contribution in [1.82, 2.24) is 4.90 Å². The first-order valence-corrected chi connectivity index (χ1v) is 6.67.